The van der Waals surface area contributed by atoms with Crippen LogP contribution in [0.3, 0.4) is 0 Å². The van der Waals surface area contributed by atoms with Crippen LogP contribution >= 0.6 is 0 Å². The lowest BCUT2D eigenvalue weighted by Crippen LogP contribution is -2.37. The zero-order valence-corrected chi connectivity index (χ0v) is 21.6. The molecule has 0 aromatic heterocycles. The highest BCUT2D eigenvalue weighted by Crippen LogP contribution is 2.38. The Morgan fingerprint density at radius 3 is 2.24 bits per heavy atom. The molecule has 0 spiro atoms. The first-order chi connectivity index (χ1) is 18.0. The zero-order chi connectivity index (χ0) is 26.0. The SMILES string of the molecule is CCNC(=O)NCc1ccc([C@H]2O[C@@H](CN(C)Cc3ccccc3)C[C@@H](c3ccc(CO)cc3)O2)cc1. The number of aliphatic hydroxyl groups excluding tert-OH is 1. The van der Waals surface area contributed by atoms with Gasteiger partial charge in [-0.1, -0.05) is 78.9 Å². The van der Waals surface area contributed by atoms with Gasteiger partial charge in [-0.2, -0.15) is 0 Å². The van der Waals surface area contributed by atoms with Crippen LogP contribution in [0.25, 0.3) is 0 Å². The van der Waals surface area contributed by atoms with Crippen molar-refractivity contribution in [1.82, 2.24) is 15.5 Å². The predicted octanol–water partition coefficient (Wildman–Crippen LogP) is 4.68. The van der Waals surface area contributed by atoms with Gasteiger partial charge < -0.3 is 25.2 Å². The lowest BCUT2D eigenvalue weighted by molar-refractivity contribution is -0.252. The number of aliphatic hydroxyl groups is 1. The Bertz CT molecular complexity index is 1110. The van der Waals surface area contributed by atoms with Crippen molar-refractivity contribution in [2.45, 2.75) is 51.5 Å². The first-order valence-electron chi connectivity index (χ1n) is 12.9. The molecule has 1 aliphatic rings. The molecule has 196 valence electrons. The van der Waals surface area contributed by atoms with Crippen molar-refractivity contribution in [3.8, 4) is 0 Å². The first kappa shape index (κ1) is 26.8. The third-order valence-electron chi connectivity index (χ3n) is 6.47. The van der Waals surface area contributed by atoms with E-state index in [9.17, 15) is 9.90 Å². The molecule has 0 unspecified atom stereocenters. The van der Waals surface area contributed by atoms with Gasteiger partial charge in [-0.3, -0.25) is 4.90 Å². The normalized spacial score (nSPS) is 19.5. The molecule has 37 heavy (non-hydrogen) atoms. The van der Waals surface area contributed by atoms with Crippen LogP contribution in [0.4, 0.5) is 4.79 Å². The van der Waals surface area contributed by atoms with E-state index in [0.717, 1.165) is 41.8 Å². The molecule has 7 nitrogen and oxygen atoms in total. The van der Waals surface area contributed by atoms with E-state index in [1.807, 2.05) is 61.5 Å². The maximum absolute atomic E-state index is 11.7. The maximum Gasteiger partial charge on any atom is 0.315 e. The summed E-state index contributed by atoms with van der Waals surface area (Å²) >= 11 is 0. The largest absolute Gasteiger partial charge is 0.392 e. The van der Waals surface area contributed by atoms with Crippen molar-refractivity contribution in [3.63, 3.8) is 0 Å². The number of hydrogen-bond donors (Lipinski definition) is 3. The Kier molecular flexibility index (Phi) is 9.68. The molecule has 4 rings (SSSR count). The van der Waals surface area contributed by atoms with E-state index in [2.05, 4.69) is 46.8 Å². The highest BCUT2D eigenvalue weighted by atomic mass is 16.7. The predicted molar refractivity (Wildman–Crippen MR) is 144 cm³/mol. The fourth-order valence-corrected chi connectivity index (χ4v) is 4.54. The van der Waals surface area contributed by atoms with Crippen molar-refractivity contribution >= 4 is 6.03 Å². The minimum Gasteiger partial charge on any atom is -0.392 e. The quantitative estimate of drug-likeness (QED) is 0.374. The smallest absolute Gasteiger partial charge is 0.315 e. The minimum absolute atomic E-state index is 0.0194. The Morgan fingerprint density at radius 1 is 0.892 bits per heavy atom. The summed E-state index contributed by atoms with van der Waals surface area (Å²) in [6.45, 7) is 4.56. The summed E-state index contributed by atoms with van der Waals surface area (Å²) in [7, 11) is 2.11. The summed E-state index contributed by atoms with van der Waals surface area (Å²) in [5.41, 5.74) is 5.16. The molecular weight excluding hydrogens is 466 g/mol. The number of benzene rings is 3. The van der Waals surface area contributed by atoms with Crippen molar-refractivity contribution in [1.29, 1.82) is 0 Å². The van der Waals surface area contributed by atoms with E-state index in [4.69, 9.17) is 9.47 Å². The third-order valence-corrected chi connectivity index (χ3v) is 6.47. The van der Waals surface area contributed by atoms with E-state index in [-0.39, 0.29) is 24.8 Å². The molecular formula is C30H37N3O4. The number of rotatable bonds is 10. The van der Waals surface area contributed by atoms with Crippen LogP contribution < -0.4 is 10.6 Å². The molecule has 0 bridgehead atoms. The summed E-state index contributed by atoms with van der Waals surface area (Å²) in [4.78, 5) is 14.0. The summed E-state index contributed by atoms with van der Waals surface area (Å²) in [6, 6.07) is 26.2. The van der Waals surface area contributed by atoms with E-state index >= 15 is 0 Å². The van der Waals surface area contributed by atoms with Gasteiger partial charge in [-0.05, 0) is 36.2 Å². The molecule has 3 atom stereocenters. The van der Waals surface area contributed by atoms with Crippen molar-refractivity contribution in [2.75, 3.05) is 20.1 Å². The summed E-state index contributed by atoms with van der Waals surface area (Å²) in [5.74, 6) is 0. The number of hydrogen-bond acceptors (Lipinski definition) is 5. The van der Waals surface area contributed by atoms with Crippen molar-refractivity contribution in [3.05, 3.63) is 107 Å². The molecule has 1 saturated heterocycles. The summed E-state index contributed by atoms with van der Waals surface area (Å²) in [5, 5.41) is 15.0. The first-order valence-corrected chi connectivity index (χ1v) is 12.9. The van der Waals surface area contributed by atoms with Crippen LogP contribution in [-0.4, -0.2) is 42.3 Å². The number of ether oxygens (including phenoxy) is 2. The lowest BCUT2D eigenvalue weighted by Gasteiger charge is -2.38. The van der Waals surface area contributed by atoms with Gasteiger partial charge in [0.2, 0.25) is 0 Å². The van der Waals surface area contributed by atoms with Crippen LogP contribution in [0, 0.1) is 0 Å². The van der Waals surface area contributed by atoms with Gasteiger partial charge in [0.15, 0.2) is 6.29 Å². The van der Waals surface area contributed by atoms with Gasteiger partial charge >= 0.3 is 6.03 Å². The lowest BCUT2D eigenvalue weighted by atomic mass is 9.99. The van der Waals surface area contributed by atoms with E-state index < -0.39 is 6.29 Å². The Hall–Kier alpha value is -3.23. The number of nitrogens with one attached hydrogen (secondary N) is 2. The van der Waals surface area contributed by atoms with Crippen LogP contribution in [0.15, 0.2) is 78.9 Å². The Balaban J connectivity index is 1.46. The second-order valence-corrected chi connectivity index (χ2v) is 9.49. The molecule has 0 saturated carbocycles. The van der Waals surface area contributed by atoms with Crippen molar-refractivity contribution in [2.24, 2.45) is 0 Å². The molecule has 3 aromatic carbocycles. The molecule has 7 heteroatoms. The Morgan fingerprint density at radius 2 is 1.57 bits per heavy atom. The van der Waals surface area contributed by atoms with Gasteiger partial charge in [-0.15, -0.1) is 0 Å². The molecule has 0 aliphatic carbocycles. The number of urea groups is 1. The molecule has 3 aromatic rings. The highest BCUT2D eigenvalue weighted by Gasteiger charge is 2.32. The molecule has 1 heterocycles. The van der Waals surface area contributed by atoms with Gasteiger partial charge in [0, 0.05) is 38.2 Å². The monoisotopic (exact) mass is 503 g/mol. The molecule has 1 aliphatic heterocycles. The number of carbonyl (C=O) groups is 1. The van der Waals surface area contributed by atoms with Gasteiger partial charge in [0.25, 0.3) is 0 Å². The Labute approximate surface area is 219 Å². The number of amides is 2. The fraction of sp³-hybridized carbons (Fsp3) is 0.367. The van der Waals surface area contributed by atoms with Crippen LogP contribution in [0.2, 0.25) is 0 Å². The van der Waals surface area contributed by atoms with Gasteiger partial charge in [0.05, 0.1) is 18.8 Å². The van der Waals surface area contributed by atoms with Crippen LogP contribution in [-0.2, 0) is 29.2 Å². The van der Waals surface area contributed by atoms with E-state index in [1.54, 1.807) is 0 Å². The van der Waals surface area contributed by atoms with Gasteiger partial charge in [0.1, 0.15) is 0 Å². The fourth-order valence-electron chi connectivity index (χ4n) is 4.54. The second-order valence-electron chi connectivity index (χ2n) is 9.49. The van der Waals surface area contributed by atoms with E-state index in [1.165, 1.54) is 5.56 Å². The summed E-state index contributed by atoms with van der Waals surface area (Å²) in [6.07, 6.45) is 0.0920. The highest BCUT2D eigenvalue weighted by molar-refractivity contribution is 5.73. The molecule has 2 amide bonds. The van der Waals surface area contributed by atoms with Crippen LogP contribution in [0.5, 0.6) is 0 Å². The van der Waals surface area contributed by atoms with Gasteiger partial charge in [-0.25, -0.2) is 4.79 Å². The number of likely N-dealkylation sites (N-methyl/N-ethyl adjacent to an activating group) is 1. The maximum atomic E-state index is 11.7. The third kappa shape index (κ3) is 7.87. The number of nitrogens with zero attached hydrogens (tertiary/aromatic N) is 1. The second kappa shape index (κ2) is 13.4. The molecule has 1 fully saturated rings. The van der Waals surface area contributed by atoms with Crippen molar-refractivity contribution < 1.29 is 19.4 Å². The molecule has 0 radical (unpaired) electrons. The summed E-state index contributed by atoms with van der Waals surface area (Å²) < 4.78 is 12.9. The average molecular weight is 504 g/mol. The average Bonchev–Trinajstić information content (AvgIpc) is 2.93. The van der Waals surface area contributed by atoms with Crippen LogP contribution in [0.1, 0.15) is 53.6 Å². The number of carbonyl (C=O) groups excluding carboxylic acids is 1. The standard InChI is InChI=1S/C30H37N3O4/c1-3-31-30(35)32-18-22-9-15-26(16-10-22)29-36-27(20-33(2)19-23-7-5-4-6-8-23)17-28(37-29)25-13-11-24(21-34)12-14-25/h4-16,27-29,34H,3,17-21H2,1-2H3,(H2,31,32,35)/t27-,28+,29+/m1/s1. The van der Waals surface area contributed by atoms with E-state index in [0.29, 0.717) is 13.1 Å². The minimum atomic E-state index is -0.503. The molecule has 3 N–H and O–H groups in total. The zero-order valence-electron chi connectivity index (χ0n) is 21.6. The topological polar surface area (TPSA) is 83.1 Å².